The van der Waals surface area contributed by atoms with Gasteiger partial charge in [-0.3, -0.25) is 4.79 Å². The fourth-order valence-electron chi connectivity index (χ4n) is 3.88. The fourth-order valence-corrected chi connectivity index (χ4v) is 5.53. The molecule has 96 valence electrons. The van der Waals surface area contributed by atoms with Crippen LogP contribution in [0.5, 0.6) is 0 Å². The zero-order valence-electron chi connectivity index (χ0n) is 10.4. The summed E-state index contributed by atoms with van der Waals surface area (Å²) < 4.78 is 0. The number of thioether (sulfide) groups is 1. The molecule has 0 aromatic carbocycles. The van der Waals surface area contributed by atoms with E-state index in [9.17, 15) is 4.79 Å². The molecule has 0 saturated heterocycles. The van der Waals surface area contributed by atoms with Crippen LogP contribution in [0, 0.1) is 23.2 Å². The summed E-state index contributed by atoms with van der Waals surface area (Å²) in [7, 11) is 0. The highest BCUT2D eigenvalue weighted by Gasteiger charge is 2.45. The van der Waals surface area contributed by atoms with Gasteiger partial charge in [-0.05, 0) is 66.8 Å². The van der Waals surface area contributed by atoms with Crippen LogP contribution >= 0.6 is 11.8 Å². The smallest absolute Gasteiger partial charge is 0.303 e. The summed E-state index contributed by atoms with van der Waals surface area (Å²) in [5, 5.41) is 8.88. The summed E-state index contributed by atoms with van der Waals surface area (Å²) in [6.45, 7) is 0. The third-order valence-electron chi connectivity index (χ3n) is 5.11. The minimum Gasteiger partial charge on any atom is -0.481 e. The highest BCUT2D eigenvalue weighted by molar-refractivity contribution is 7.99. The number of carboxylic acid groups (broad SMARTS) is 1. The SMILES string of the molecule is O=C(O)CC1(CSCC2CC3CCC2C3)CC1. The molecule has 2 bridgehead atoms. The molecule has 3 fully saturated rings. The Hall–Kier alpha value is -0.180. The molecule has 3 heteroatoms. The minimum atomic E-state index is -0.608. The summed E-state index contributed by atoms with van der Waals surface area (Å²) in [5.74, 6) is 4.79. The van der Waals surface area contributed by atoms with Gasteiger partial charge in [-0.15, -0.1) is 0 Å². The first kappa shape index (κ1) is 11.9. The molecule has 0 amide bonds. The Morgan fingerprint density at radius 3 is 2.65 bits per heavy atom. The van der Waals surface area contributed by atoms with E-state index < -0.39 is 5.97 Å². The van der Waals surface area contributed by atoms with Crippen LogP contribution in [0.1, 0.15) is 44.9 Å². The first-order valence-corrected chi connectivity index (χ1v) is 8.12. The Bertz CT molecular complexity index is 311. The molecular weight excluding hydrogens is 232 g/mol. The Labute approximate surface area is 108 Å². The average molecular weight is 254 g/mol. The maximum absolute atomic E-state index is 10.8. The van der Waals surface area contributed by atoms with Crippen LogP contribution in [-0.2, 0) is 4.79 Å². The Balaban J connectivity index is 1.39. The van der Waals surface area contributed by atoms with Gasteiger partial charge in [0, 0.05) is 0 Å². The molecule has 0 aromatic heterocycles. The van der Waals surface area contributed by atoms with Gasteiger partial charge in [0.15, 0.2) is 0 Å². The van der Waals surface area contributed by atoms with E-state index in [0.717, 1.165) is 36.3 Å². The Kier molecular flexibility index (Phi) is 3.14. The van der Waals surface area contributed by atoms with Crippen LogP contribution in [-0.4, -0.2) is 22.6 Å². The summed E-state index contributed by atoms with van der Waals surface area (Å²) >= 11 is 2.04. The maximum atomic E-state index is 10.8. The first-order valence-electron chi connectivity index (χ1n) is 6.96. The van der Waals surface area contributed by atoms with Gasteiger partial charge < -0.3 is 5.11 Å². The van der Waals surface area contributed by atoms with Crippen molar-refractivity contribution in [2.24, 2.45) is 23.2 Å². The minimum absolute atomic E-state index is 0.189. The van der Waals surface area contributed by atoms with Crippen LogP contribution in [0.25, 0.3) is 0 Å². The average Bonchev–Trinajstić information content (AvgIpc) is 2.74. The van der Waals surface area contributed by atoms with Crippen LogP contribution in [0.15, 0.2) is 0 Å². The predicted molar refractivity (Wildman–Crippen MR) is 70.2 cm³/mol. The molecule has 0 aliphatic heterocycles. The van der Waals surface area contributed by atoms with Crippen molar-refractivity contribution in [2.45, 2.75) is 44.9 Å². The summed E-state index contributed by atoms with van der Waals surface area (Å²) in [5.41, 5.74) is 0.189. The lowest BCUT2D eigenvalue weighted by molar-refractivity contribution is -0.138. The third kappa shape index (κ3) is 2.64. The molecule has 3 unspecified atom stereocenters. The molecule has 1 N–H and O–H groups in total. The number of rotatable bonds is 6. The number of hydrogen-bond donors (Lipinski definition) is 1. The molecule has 3 saturated carbocycles. The normalized spacial score (nSPS) is 37.3. The molecule has 3 aliphatic rings. The topological polar surface area (TPSA) is 37.3 Å². The van der Waals surface area contributed by atoms with E-state index in [1.165, 1.54) is 31.4 Å². The lowest BCUT2D eigenvalue weighted by atomic mass is 9.90. The van der Waals surface area contributed by atoms with Crippen molar-refractivity contribution in [1.29, 1.82) is 0 Å². The predicted octanol–water partition coefficient (Wildman–Crippen LogP) is 3.41. The second-order valence-electron chi connectivity index (χ2n) is 6.52. The monoisotopic (exact) mass is 254 g/mol. The van der Waals surface area contributed by atoms with Gasteiger partial charge in [-0.2, -0.15) is 11.8 Å². The number of carbonyl (C=O) groups is 1. The van der Waals surface area contributed by atoms with E-state index in [4.69, 9.17) is 5.11 Å². The maximum Gasteiger partial charge on any atom is 0.303 e. The van der Waals surface area contributed by atoms with E-state index in [2.05, 4.69) is 0 Å². The van der Waals surface area contributed by atoms with Crippen molar-refractivity contribution in [3.63, 3.8) is 0 Å². The number of aliphatic carboxylic acids is 1. The van der Waals surface area contributed by atoms with E-state index >= 15 is 0 Å². The Morgan fingerprint density at radius 2 is 2.12 bits per heavy atom. The second kappa shape index (κ2) is 4.49. The van der Waals surface area contributed by atoms with E-state index in [1.54, 1.807) is 0 Å². The molecule has 17 heavy (non-hydrogen) atoms. The largest absolute Gasteiger partial charge is 0.481 e. The van der Waals surface area contributed by atoms with E-state index in [1.807, 2.05) is 11.8 Å². The fraction of sp³-hybridized carbons (Fsp3) is 0.929. The summed E-state index contributed by atoms with van der Waals surface area (Å²) in [6.07, 6.45) is 8.59. The van der Waals surface area contributed by atoms with Gasteiger partial charge in [-0.25, -0.2) is 0 Å². The lowest BCUT2D eigenvalue weighted by Gasteiger charge is -2.22. The molecule has 2 nitrogen and oxygen atoms in total. The third-order valence-corrected chi connectivity index (χ3v) is 6.59. The van der Waals surface area contributed by atoms with Crippen molar-refractivity contribution >= 4 is 17.7 Å². The van der Waals surface area contributed by atoms with Crippen molar-refractivity contribution in [3.05, 3.63) is 0 Å². The highest BCUT2D eigenvalue weighted by Crippen LogP contribution is 2.53. The van der Waals surface area contributed by atoms with E-state index in [0.29, 0.717) is 6.42 Å². The van der Waals surface area contributed by atoms with E-state index in [-0.39, 0.29) is 5.41 Å². The summed E-state index contributed by atoms with van der Waals surface area (Å²) in [6, 6.07) is 0. The molecule has 0 radical (unpaired) electrons. The number of hydrogen-bond acceptors (Lipinski definition) is 2. The lowest BCUT2D eigenvalue weighted by Crippen LogP contribution is -2.16. The quantitative estimate of drug-likeness (QED) is 0.789. The van der Waals surface area contributed by atoms with Crippen LogP contribution in [0.4, 0.5) is 0 Å². The molecular formula is C14H22O2S. The van der Waals surface area contributed by atoms with Gasteiger partial charge in [0.25, 0.3) is 0 Å². The van der Waals surface area contributed by atoms with Crippen LogP contribution in [0.2, 0.25) is 0 Å². The first-order chi connectivity index (χ1) is 8.17. The molecule has 0 spiro atoms. The zero-order chi connectivity index (χ0) is 11.9. The van der Waals surface area contributed by atoms with Gasteiger partial charge in [-0.1, -0.05) is 6.42 Å². The van der Waals surface area contributed by atoms with Gasteiger partial charge >= 0.3 is 5.97 Å². The Morgan fingerprint density at radius 1 is 1.29 bits per heavy atom. The molecule has 3 rings (SSSR count). The number of fused-ring (bicyclic) bond motifs is 2. The molecule has 0 heterocycles. The van der Waals surface area contributed by atoms with Crippen molar-refractivity contribution in [1.82, 2.24) is 0 Å². The van der Waals surface area contributed by atoms with Crippen molar-refractivity contribution in [2.75, 3.05) is 11.5 Å². The van der Waals surface area contributed by atoms with Crippen LogP contribution in [0.3, 0.4) is 0 Å². The summed E-state index contributed by atoms with van der Waals surface area (Å²) in [4.78, 5) is 10.8. The standard InChI is InChI=1S/C14H22O2S/c15-13(16)7-14(3-4-14)9-17-8-12-6-10-1-2-11(12)5-10/h10-12H,1-9H2,(H,15,16). The zero-order valence-corrected chi connectivity index (χ0v) is 11.2. The van der Waals surface area contributed by atoms with Gasteiger partial charge in [0.2, 0.25) is 0 Å². The van der Waals surface area contributed by atoms with Gasteiger partial charge in [0.05, 0.1) is 6.42 Å². The van der Waals surface area contributed by atoms with Crippen molar-refractivity contribution < 1.29 is 9.90 Å². The molecule has 0 aromatic rings. The highest BCUT2D eigenvalue weighted by atomic mass is 32.2. The number of carboxylic acids is 1. The van der Waals surface area contributed by atoms with Crippen molar-refractivity contribution in [3.8, 4) is 0 Å². The van der Waals surface area contributed by atoms with Gasteiger partial charge in [0.1, 0.15) is 0 Å². The van der Waals surface area contributed by atoms with Crippen LogP contribution < -0.4 is 0 Å². The second-order valence-corrected chi connectivity index (χ2v) is 7.55. The molecule has 3 aliphatic carbocycles. The molecule has 3 atom stereocenters.